The van der Waals surface area contributed by atoms with Crippen molar-refractivity contribution in [3.05, 3.63) is 23.5 Å². The van der Waals surface area contributed by atoms with E-state index in [1.165, 1.54) is 6.04 Å². The Balaban J connectivity index is 2.24. The van der Waals surface area contributed by atoms with Gasteiger partial charge in [-0.25, -0.2) is 0 Å². The predicted molar refractivity (Wildman–Crippen MR) is 63.3 cm³/mol. The molecule has 1 N–H and O–H groups in total. The molecule has 0 aliphatic rings. The zero-order chi connectivity index (χ0) is 11.3. The topological polar surface area (TPSA) is 48.8 Å². The summed E-state index contributed by atoms with van der Waals surface area (Å²) in [5, 5.41) is 8.61. The number of aromatic nitrogens is 1. The fourth-order valence-corrected chi connectivity index (χ4v) is 1.91. The van der Waals surface area contributed by atoms with E-state index in [9.17, 15) is 0 Å². The van der Waals surface area contributed by atoms with Crippen LogP contribution in [0.5, 0.6) is 0 Å². The molecule has 1 aromatic rings. The molecule has 0 saturated carbocycles. The highest BCUT2D eigenvalue weighted by molar-refractivity contribution is 6.76. The van der Waals surface area contributed by atoms with Gasteiger partial charge in [0, 0.05) is 20.9 Å². The molecule has 1 rings (SSSR count). The summed E-state index contributed by atoms with van der Waals surface area (Å²) in [6.45, 7) is 8.42. The highest BCUT2D eigenvalue weighted by atomic mass is 28.3. The van der Waals surface area contributed by atoms with Gasteiger partial charge in [0.15, 0.2) is 0 Å². The van der Waals surface area contributed by atoms with E-state index in [1.807, 2.05) is 12.3 Å². The highest BCUT2D eigenvalue weighted by Crippen LogP contribution is 2.09. The van der Waals surface area contributed by atoms with Crippen LogP contribution in [0.25, 0.3) is 0 Å². The van der Waals surface area contributed by atoms with Gasteiger partial charge < -0.3 is 9.72 Å². The third-order valence-corrected chi connectivity index (χ3v) is 3.83. The smallest absolute Gasteiger partial charge is 0.117 e. The molecule has 1 heterocycles. The molecule has 0 aromatic carbocycles. The zero-order valence-corrected chi connectivity index (χ0v) is 10.6. The molecule has 0 aliphatic carbocycles. The third-order valence-electron chi connectivity index (χ3n) is 2.13. The Morgan fingerprint density at radius 3 is 2.73 bits per heavy atom. The van der Waals surface area contributed by atoms with Crippen LogP contribution in [-0.4, -0.2) is 19.7 Å². The maximum Gasteiger partial charge on any atom is 0.117 e. The largest absolute Gasteiger partial charge is 0.377 e. The van der Waals surface area contributed by atoms with Crippen LogP contribution < -0.4 is 0 Å². The monoisotopic (exact) mass is 222 g/mol. The Kier molecular flexibility index (Phi) is 4.12. The number of aromatic amines is 1. The summed E-state index contributed by atoms with van der Waals surface area (Å²) in [4.78, 5) is 2.88. The van der Waals surface area contributed by atoms with Crippen LogP contribution in [0.1, 0.15) is 11.3 Å². The van der Waals surface area contributed by atoms with Crippen LogP contribution in [0.4, 0.5) is 0 Å². The molecule has 0 atom stereocenters. The normalized spacial score (nSPS) is 11.3. The molecule has 4 heteroatoms. The molecule has 82 valence electrons. The second-order valence-electron chi connectivity index (χ2n) is 4.90. The van der Waals surface area contributed by atoms with E-state index < -0.39 is 8.07 Å². The standard InChI is InChI=1S/C11H18N2OSi/c1-15(2,3)5-4-14-9-10-6-11(7-12)13-8-10/h6,8,13H,4-5,9H2,1-3H3. The van der Waals surface area contributed by atoms with Crippen LogP contribution >= 0.6 is 0 Å². The molecule has 15 heavy (non-hydrogen) atoms. The van der Waals surface area contributed by atoms with Crippen LogP contribution in [0.2, 0.25) is 25.7 Å². The van der Waals surface area contributed by atoms with Crippen LogP contribution in [-0.2, 0) is 11.3 Å². The Labute approximate surface area is 92.1 Å². The van der Waals surface area contributed by atoms with Gasteiger partial charge in [-0.1, -0.05) is 19.6 Å². The highest BCUT2D eigenvalue weighted by Gasteiger charge is 2.11. The summed E-state index contributed by atoms with van der Waals surface area (Å²) in [5.74, 6) is 0. The number of nitriles is 1. The Morgan fingerprint density at radius 2 is 2.20 bits per heavy atom. The first-order valence-electron chi connectivity index (χ1n) is 5.16. The van der Waals surface area contributed by atoms with Crippen molar-refractivity contribution in [2.75, 3.05) is 6.61 Å². The average Bonchev–Trinajstić information content (AvgIpc) is 2.59. The van der Waals surface area contributed by atoms with E-state index in [1.54, 1.807) is 0 Å². The van der Waals surface area contributed by atoms with Crippen molar-refractivity contribution in [2.45, 2.75) is 32.3 Å². The second-order valence-corrected chi connectivity index (χ2v) is 10.5. The van der Waals surface area contributed by atoms with Crippen molar-refractivity contribution in [2.24, 2.45) is 0 Å². The van der Waals surface area contributed by atoms with Gasteiger partial charge in [0.2, 0.25) is 0 Å². The minimum Gasteiger partial charge on any atom is -0.377 e. The summed E-state index contributed by atoms with van der Waals surface area (Å²) in [6.07, 6.45) is 1.83. The van der Waals surface area contributed by atoms with E-state index in [2.05, 4.69) is 30.7 Å². The first-order chi connectivity index (χ1) is 7.01. The summed E-state index contributed by atoms with van der Waals surface area (Å²) in [7, 11) is -0.982. The lowest BCUT2D eigenvalue weighted by Gasteiger charge is -2.14. The van der Waals surface area contributed by atoms with Crippen molar-refractivity contribution in [3.8, 4) is 6.07 Å². The van der Waals surface area contributed by atoms with Crippen molar-refractivity contribution in [1.82, 2.24) is 4.98 Å². The maximum atomic E-state index is 8.61. The third kappa shape index (κ3) is 4.82. The Morgan fingerprint density at radius 1 is 1.47 bits per heavy atom. The molecule has 0 unspecified atom stereocenters. The Bertz CT molecular complexity index is 346. The lowest BCUT2D eigenvalue weighted by atomic mass is 10.3. The van der Waals surface area contributed by atoms with E-state index in [0.717, 1.165) is 12.2 Å². The first kappa shape index (κ1) is 12.0. The Hall–Kier alpha value is -1.05. The number of hydrogen-bond donors (Lipinski definition) is 1. The quantitative estimate of drug-likeness (QED) is 0.615. The molecule has 0 aliphatic heterocycles. The van der Waals surface area contributed by atoms with Gasteiger partial charge in [0.05, 0.1) is 6.61 Å². The summed E-state index contributed by atoms with van der Waals surface area (Å²) < 4.78 is 5.56. The average molecular weight is 222 g/mol. The maximum absolute atomic E-state index is 8.61. The van der Waals surface area contributed by atoms with Crippen LogP contribution in [0.3, 0.4) is 0 Å². The fourth-order valence-electron chi connectivity index (χ4n) is 1.16. The molecular formula is C11H18N2OSi. The number of ether oxygens (including phenoxy) is 1. The van der Waals surface area contributed by atoms with Gasteiger partial charge >= 0.3 is 0 Å². The van der Waals surface area contributed by atoms with E-state index >= 15 is 0 Å². The van der Waals surface area contributed by atoms with Gasteiger partial charge in [-0.2, -0.15) is 5.26 Å². The second kappa shape index (κ2) is 5.15. The predicted octanol–water partition coefficient (Wildman–Crippen LogP) is 2.74. The minimum atomic E-state index is -0.982. The lowest BCUT2D eigenvalue weighted by Crippen LogP contribution is -2.21. The van der Waals surface area contributed by atoms with Crippen molar-refractivity contribution < 1.29 is 4.74 Å². The van der Waals surface area contributed by atoms with Gasteiger partial charge in [0.1, 0.15) is 11.8 Å². The molecule has 0 saturated heterocycles. The zero-order valence-electron chi connectivity index (χ0n) is 9.63. The molecule has 3 nitrogen and oxygen atoms in total. The molecule has 0 fully saturated rings. The van der Waals surface area contributed by atoms with E-state index in [-0.39, 0.29) is 0 Å². The summed E-state index contributed by atoms with van der Waals surface area (Å²) >= 11 is 0. The van der Waals surface area contributed by atoms with Crippen LogP contribution in [0, 0.1) is 11.3 Å². The lowest BCUT2D eigenvalue weighted by molar-refractivity contribution is 0.133. The SMILES string of the molecule is C[Si](C)(C)CCOCc1c[nH]c(C#N)c1. The molecule has 0 bridgehead atoms. The first-order valence-corrected chi connectivity index (χ1v) is 8.87. The van der Waals surface area contributed by atoms with Crippen molar-refractivity contribution >= 4 is 8.07 Å². The number of H-pyrrole nitrogens is 1. The molecule has 0 spiro atoms. The number of rotatable bonds is 5. The van der Waals surface area contributed by atoms with E-state index in [4.69, 9.17) is 10.00 Å². The number of hydrogen-bond acceptors (Lipinski definition) is 2. The fraction of sp³-hybridized carbons (Fsp3) is 0.545. The van der Waals surface area contributed by atoms with Gasteiger partial charge in [0.25, 0.3) is 0 Å². The van der Waals surface area contributed by atoms with Gasteiger partial charge in [-0.3, -0.25) is 0 Å². The van der Waals surface area contributed by atoms with Crippen molar-refractivity contribution in [1.29, 1.82) is 5.26 Å². The van der Waals surface area contributed by atoms with Gasteiger partial charge in [-0.05, 0) is 17.7 Å². The minimum absolute atomic E-state index is 0.596. The summed E-state index contributed by atoms with van der Waals surface area (Å²) in [5.41, 5.74) is 1.64. The molecular weight excluding hydrogens is 204 g/mol. The van der Waals surface area contributed by atoms with Crippen molar-refractivity contribution in [3.63, 3.8) is 0 Å². The molecule has 1 aromatic heterocycles. The number of nitrogens with one attached hydrogen (secondary N) is 1. The number of nitrogens with zero attached hydrogens (tertiary/aromatic N) is 1. The van der Waals surface area contributed by atoms with E-state index in [0.29, 0.717) is 12.3 Å². The van der Waals surface area contributed by atoms with Crippen LogP contribution in [0.15, 0.2) is 12.3 Å². The molecule has 0 radical (unpaired) electrons. The van der Waals surface area contributed by atoms with Gasteiger partial charge in [-0.15, -0.1) is 0 Å². The summed E-state index contributed by atoms with van der Waals surface area (Å²) in [6, 6.07) is 5.07. The molecule has 0 amide bonds.